The first kappa shape index (κ1) is 14.4. The highest BCUT2D eigenvalue weighted by Crippen LogP contribution is 2.27. The third-order valence-corrected chi connectivity index (χ3v) is 4.54. The van der Waals surface area contributed by atoms with Crippen LogP contribution < -0.4 is 10.6 Å². The molecule has 0 saturated carbocycles. The molecule has 0 bridgehead atoms. The highest BCUT2D eigenvalue weighted by Gasteiger charge is 2.35. The normalized spacial score (nSPS) is 24.1. The summed E-state index contributed by atoms with van der Waals surface area (Å²) in [5.74, 6) is 0.129. The second-order valence-corrected chi connectivity index (χ2v) is 5.88. The Kier molecular flexibility index (Phi) is 4.41. The van der Waals surface area contributed by atoms with Crippen molar-refractivity contribution in [1.29, 1.82) is 0 Å². The summed E-state index contributed by atoms with van der Waals surface area (Å²) >= 11 is 0. The number of nitrogens with one attached hydrogen (secondary N) is 2. The molecule has 2 saturated heterocycles. The number of likely N-dealkylation sites (tertiary alicyclic amines) is 1. The van der Waals surface area contributed by atoms with E-state index in [1.54, 1.807) is 18.2 Å². The first-order valence-corrected chi connectivity index (χ1v) is 7.81. The second kappa shape index (κ2) is 6.45. The molecule has 2 aliphatic rings. The van der Waals surface area contributed by atoms with Gasteiger partial charge in [0.15, 0.2) is 0 Å². The van der Waals surface area contributed by atoms with Gasteiger partial charge in [-0.25, -0.2) is 0 Å². The average molecular weight is 289 g/mol. The number of carbonyl (C=O) groups is 1. The van der Waals surface area contributed by atoms with E-state index >= 15 is 0 Å². The minimum atomic E-state index is -0.0623. The largest absolute Gasteiger partial charge is 0.506 e. The molecule has 0 aliphatic carbocycles. The van der Waals surface area contributed by atoms with Crippen molar-refractivity contribution in [2.45, 2.75) is 37.8 Å². The molecule has 2 aliphatic heterocycles. The minimum absolute atomic E-state index is 0.00697. The van der Waals surface area contributed by atoms with Crippen LogP contribution in [0.3, 0.4) is 0 Å². The lowest BCUT2D eigenvalue weighted by atomic mass is 10.0. The van der Waals surface area contributed by atoms with Crippen LogP contribution in [0, 0.1) is 0 Å². The number of piperidine rings is 1. The van der Waals surface area contributed by atoms with Gasteiger partial charge in [0.05, 0.1) is 11.7 Å². The van der Waals surface area contributed by atoms with Crippen LogP contribution in [-0.4, -0.2) is 47.6 Å². The number of benzene rings is 1. The maximum Gasteiger partial charge on any atom is 0.241 e. The van der Waals surface area contributed by atoms with Crippen LogP contribution in [0.5, 0.6) is 5.75 Å². The van der Waals surface area contributed by atoms with Gasteiger partial charge in [0.25, 0.3) is 0 Å². The van der Waals surface area contributed by atoms with Crippen LogP contribution in [0.1, 0.15) is 25.7 Å². The number of amides is 1. The van der Waals surface area contributed by atoms with Gasteiger partial charge in [-0.3, -0.25) is 9.69 Å². The molecule has 3 rings (SSSR count). The molecule has 0 aromatic heterocycles. The summed E-state index contributed by atoms with van der Waals surface area (Å²) < 4.78 is 0. The topological polar surface area (TPSA) is 64.6 Å². The second-order valence-electron chi connectivity index (χ2n) is 5.88. The quantitative estimate of drug-likeness (QED) is 0.739. The lowest BCUT2D eigenvalue weighted by Crippen LogP contribution is -2.49. The highest BCUT2D eigenvalue weighted by atomic mass is 16.3. The van der Waals surface area contributed by atoms with Crippen LogP contribution in [0.4, 0.5) is 5.69 Å². The van der Waals surface area contributed by atoms with Gasteiger partial charge in [-0.2, -0.15) is 0 Å². The lowest BCUT2D eigenvalue weighted by molar-refractivity contribution is -0.121. The summed E-state index contributed by atoms with van der Waals surface area (Å²) in [6, 6.07) is 7.34. The molecule has 1 aromatic rings. The van der Waals surface area contributed by atoms with Crippen LogP contribution in [0.15, 0.2) is 24.3 Å². The van der Waals surface area contributed by atoms with E-state index in [9.17, 15) is 9.90 Å². The van der Waals surface area contributed by atoms with Crippen LogP contribution in [0.2, 0.25) is 0 Å². The third kappa shape index (κ3) is 3.19. The van der Waals surface area contributed by atoms with Crippen molar-refractivity contribution in [3.63, 3.8) is 0 Å². The van der Waals surface area contributed by atoms with Crippen molar-refractivity contribution in [3.05, 3.63) is 24.3 Å². The average Bonchev–Trinajstić information content (AvgIpc) is 3.00. The fourth-order valence-corrected chi connectivity index (χ4v) is 3.44. The van der Waals surface area contributed by atoms with Crippen molar-refractivity contribution in [1.82, 2.24) is 10.2 Å². The summed E-state index contributed by atoms with van der Waals surface area (Å²) in [5.41, 5.74) is 0.500. The van der Waals surface area contributed by atoms with E-state index in [0.29, 0.717) is 11.7 Å². The summed E-state index contributed by atoms with van der Waals surface area (Å²) in [5, 5.41) is 16.0. The number of rotatable bonds is 3. The number of para-hydroxylation sites is 2. The Bertz CT molecular complexity index is 500. The van der Waals surface area contributed by atoms with E-state index in [1.165, 1.54) is 0 Å². The molecule has 5 nitrogen and oxygen atoms in total. The molecule has 5 heteroatoms. The monoisotopic (exact) mass is 289 g/mol. The fraction of sp³-hybridized carbons (Fsp3) is 0.562. The molecule has 21 heavy (non-hydrogen) atoms. The van der Waals surface area contributed by atoms with Crippen molar-refractivity contribution in [3.8, 4) is 5.75 Å². The van der Waals surface area contributed by atoms with E-state index in [2.05, 4.69) is 15.5 Å². The number of nitrogens with zero attached hydrogens (tertiary/aromatic N) is 1. The van der Waals surface area contributed by atoms with E-state index in [1.807, 2.05) is 6.07 Å². The van der Waals surface area contributed by atoms with Crippen LogP contribution in [0.25, 0.3) is 0 Å². The minimum Gasteiger partial charge on any atom is -0.506 e. The highest BCUT2D eigenvalue weighted by molar-refractivity contribution is 5.96. The van der Waals surface area contributed by atoms with Gasteiger partial charge in [-0.15, -0.1) is 0 Å². The molecule has 0 spiro atoms. The first-order valence-electron chi connectivity index (χ1n) is 7.81. The molecule has 2 heterocycles. The number of anilines is 1. The number of hydrogen-bond acceptors (Lipinski definition) is 4. The molecule has 0 radical (unpaired) electrons. The van der Waals surface area contributed by atoms with Crippen LogP contribution in [-0.2, 0) is 4.79 Å². The van der Waals surface area contributed by atoms with E-state index in [0.717, 1.165) is 45.3 Å². The zero-order valence-electron chi connectivity index (χ0n) is 12.2. The van der Waals surface area contributed by atoms with E-state index < -0.39 is 0 Å². The number of phenolic OH excluding ortho intramolecular Hbond substituents is 1. The smallest absolute Gasteiger partial charge is 0.241 e. The Morgan fingerprint density at radius 2 is 2.00 bits per heavy atom. The number of phenols is 1. The van der Waals surface area contributed by atoms with Crippen molar-refractivity contribution in [2.75, 3.05) is 25.0 Å². The summed E-state index contributed by atoms with van der Waals surface area (Å²) in [4.78, 5) is 14.9. The number of aromatic hydroxyl groups is 1. The molecule has 1 aromatic carbocycles. The number of carbonyl (C=O) groups excluding carboxylic acids is 1. The van der Waals surface area contributed by atoms with Crippen molar-refractivity contribution >= 4 is 11.6 Å². The molecule has 3 N–H and O–H groups in total. The maximum atomic E-state index is 12.5. The number of hydrogen-bond donors (Lipinski definition) is 3. The van der Waals surface area contributed by atoms with Gasteiger partial charge < -0.3 is 15.7 Å². The van der Waals surface area contributed by atoms with Crippen molar-refractivity contribution < 1.29 is 9.90 Å². The summed E-state index contributed by atoms with van der Waals surface area (Å²) in [7, 11) is 0. The Morgan fingerprint density at radius 3 is 2.76 bits per heavy atom. The SMILES string of the molecule is O=C(Nc1ccccc1O)C1CCCN1C1CCNCC1. The maximum absolute atomic E-state index is 12.5. The summed E-state index contributed by atoms with van der Waals surface area (Å²) in [6.45, 7) is 3.08. The molecule has 1 amide bonds. The molecule has 1 atom stereocenters. The van der Waals surface area contributed by atoms with Gasteiger partial charge in [-0.1, -0.05) is 12.1 Å². The van der Waals surface area contributed by atoms with E-state index in [-0.39, 0.29) is 17.7 Å². The molecule has 1 unspecified atom stereocenters. The predicted molar refractivity (Wildman–Crippen MR) is 82.4 cm³/mol. The predicted octanol–water partition coefficient (Wildman–Crippen LogP) is 1.55. The molecular weight excluding hydrogens is 266 g/mol. The third-order valence-electron chi connectivity index (χ3n) is 4.54. The van der Waals surface area contributed by atoms with Crippen molar-refractivity contribution in [2.24, 2.45) is 0 Å². The van der Waals surface area contributed by atoms with Gasteiger partial charge in [0.1, 0.15) is 5.75 Å². The summed E-state index contributed by atoms with van der Waals surface area (Å²) in [6.07, 6.45) is 4.20. The van der Waals surface area contributed by atoms with Gasteiger partial charge in [-0.05, 0) is 57.5 Å². The fourth-order valence-electron chi connectivity index (χ4n) is 3.44. The van der Waals surface area contributed by atoms with Gasteiger partial charge >= 0.3 is 0 Å². The van der Waals surface area contributed by atoms with Gasteiger partial charge in [0.2, 0.25) is 5.91 Å². The van der Waals surface area contributed by atoms with E-state index in [4.69, 9.17) is 0 Å². The Balaban J connectivity index is 1.67. The Hall–Kier alpha value is -1.59. The zero-order chi connectivity index (χ0) is 14.7. The Labute approximate surface area is 125 Å². The zero-order valence-corrected chi connectivity index (χ0v) is 12.2. The first-order chi connectivity index (χ1) is 10.3. The lowest BCUT2D eigenvalue weighted by Gasteiger charge is -2.35. The molecule has 114 valence electrons. The Morgan fingerprint density at radius 1 is 1.24 bits per heavy atom. The molecule has 2 fully saturated rings. The van der Waals surface area contributed by atoms with Crippen LogP contribution >= 0.6 is 0 Å². The van der Waals surface area contributed by atoms with Gasteiger partial charge in [0, 0.05) is 6.04 Å². The molecular formula is C16H23N3O2. The standard InChI is InChI=1S/C16H23N3O2/c20-15-6-2-1-4-13(15)18-16(21)14-5-3-11-19(14)12-7-9-17-10-8-12/h1-2,4,6,12,14,17,20H,3,5,7-11H2,(H,18,21).